The molecule has 0 aliphatic heterocycles. The first-order chi connectivity index (χ1) is 24.1. The lowest BCUT2D eigenvalue weighted by Gasteiger charge is -2.23. The van der Waals surface area contributed by atoms with Gasteiger partial charge in [0, 0.05) is 5.41 Å². The van der Waals surface area contributed by atoms with E-state index in [2.05, 4.69) is 184 Å². The van der Waals surface area contributed by atoms with Crippen LogP contribution in [0.15, 0.2) is 170 Å². The summed E-state index contributed by atoms with van der Waals surface area (Å²) in [6.45, 7) is 4.77. The predicted octanol–water partition coefficient (Wildman–Crippen LogP) is 13.6. The molecule has 0 amide bonds. The number of fused-ring (bicyclic) bond motifs is 8. The van der Waals surface area contributed by atoms with Crippen LogP contribution >= 0.6 is 0 Å². The minimum Gasteiger partial charge on any atom is -0.0616 e. The maximum Gasteiger partial charge on any atom is 0.0165 e. The third-order valence-corrected chi connectivity index (χ3v) is 11.0. The zero-order valence-electron chi connectivity index (χ0n) is 27.7. The molecule has 49 heavy (non-hydrogen) atoms. The molecule has 0 aromatic heterocycles. The highest BCUT2D eigenvalue weighted by Crippen LogP contribution is 2.53. The van der Waals surface area contributed by atoms with E-state index in [9.17, 15) is 0 Å². The molecule has 0 heteroatoms. The van der Waals surface area contributed by atoms with Crippen molar-refractivity contribution < 1.29 is 0 Å². The summed E-state index contributed by atoms with van der Waals surface area (Å²) in [5.41, 5.74) is 13.1. The lowest BCUT2D eigenvalue weighted by atomic mass is 9.80. The van der Waals surface area contributed by atoms with Gasteiger partial charge in [-0.25, -0.2) is 0 Å². The van der Waals surface area contributed by atoms with Crippen molar-refractivity contribution in [1.29, 1.82) is 0 Å². The zero-order valence-corrected chi connectivity index (χ0v) is 27.7. The Kier molecular flexibility index (Phi) is 6.02. The van der Waals surface area contributed by atoms with Crippen molar-refractivity contribution in [3.8, 4) is 44.5 Å². The molecule has 0 fully saturated rings. The molecular weight excluding hydrogens is 589 g/mol. The van der Waals surface area contributed by atoms with Gasteiger partial charge in [-0.2, -0.15) is 0 Å². The Balaban J connectivity index is 1.18. The second-order valence-corrected chi connectivity index (χ2v) is 14.0. The lowest BCUT2D eigenvalue weighted by molar-refractivity contribution is 0.666. The van der Waals surface area contributed by atoms with E-state index in [0.29, 0.717) is 0 Å². The molecule has 0 spiro atoms. The molecule has 9 aromatic rings. The van der Waals surface area contributed by atoms with E-state index < -0.39 is 0 Å². The maximum atomic E-state index is 2.46. The molecule has 0 unspecified atom stereocenters. The SMILES string of the molecule is CC1(C)c2ccc(-c3c4ccccc4c(-c4ccc(-c5cccc6ccccc56)cc4)c4ccccc34)cc2-c2ccc3ccccc3c21. The van der Waals surface area contributed by atoms with Crippen molar-refractivity contribution in [2.24, 2.45) is 0 Å². The van der Waals surface area contributed by atoms with Crippen molar-refractivity contribution in [1.82, 2.24) is 0 Å². The number of hydrogen-bond acceptors (Lipinski definition) is 0. The second kappa shape index (κ2) is 10.5. The first kappa shape index (κ1) is 28.1. The molecule has 0 atom stereocenters. The first-order valence-corrected chi connectivity index (χ1v) is 17.3. The summed E-state index contributed by atoms with van der Waals surface area (Å²) < 4.78 is 0. The van der Waals surface area contributed by atoms with E-state index >= 15 is 0 Å². The van der Waals surface area contributed by atoms with Crippen molar-refractivity contribution >= 4 is 43.1 Å². The molecule has 9 aromatic carbocycles. The monoisotopic (exact) mass is 622 g/mol. The topological polar surface area (TPSA) is 0 Å². The highest BCUT2D eigenvalue weighted by atomic mass is 14.4. The van der Waals surface area contributed by atoms with Gasteiger partial charge in [-0.05, 0) is 105 Å². The Morgan fingerprint density at radius 2 is 0.816 bits per heavy atom. The summed E-state index contributed by atoms with van der Waals surface area (Å²) in [5.74, 6) is 0. The Morgan fingerprint density at radius 1 is 0.327 bits per heavy atom. The summed E-state index contributed by atoms with van der Waals surface area (Å²) in [6, 6.07) is 63.1. The van der Waals surface area contributed by atoms with Crippen LogP contribution in [-0.2, 0) is 5.41 Å². The average Bonchev–Trinajstić information content (AvgIpc) is 3.39. The summed E-state index contributed by atoms with van der Waals surface area (Å²) >= 11 is 0. The molecule has 230 valence electrons. The summed E-state index contributed by atoms with van der Waals surface area (Å²) in [6.07, 6.45) is 0. The Morgan fingerprint density at radius 3 is 1.47 bits per heavy atom. The van der Waals surface area contributed by atoms with Crippen LogP contribution in [0.2, 0.25) is 0 Å². The molecule has 0 N–H and O–H groups in total. The first-order valence-electron chi connectivity index (χ1n) is 17.3. The lowest BCUT2D eigenvalue weighted by Crippen LogP contribution is -2.15. The number of hydrogen-bond donors (Lipinski definition) is 0. The molecule has 0 nitrogen and oxygen atoms in total. The molecule has 0 radical (unpaired) electrons. The van der Waals surface area contributed by atoms with Gasteiger partial charge in [0.15, 0.2) is 0 Å². The van der Waals surface area contributed by atoms with Gasteiger partial charge in [-0.15, -0.1) is 0 Å². The van der Waals surface area contributed by atoms with Gasteiger partial charge < -0.3 is 0 Å². The normalized spacial score (nSPS) is 13.3. The highest BCUT2D eigenvalue weighted by molar-refractivity contribution is 6.21. The van der Waals surface area contributed by atoms with E-state index in [-0.39, 0.29) is 5.41 Å². The third kappa shape index (κ3) is 4.11. The van der Waals surface area contributed by atoms with Crippen molar-refractivity contribution in [2.75, 3.05) is 0 Å². The highest BCUT2D eigenvalue weighted by Gasteiger charge is 2.37. The molecule has 0 bridgehead atoms. The largest absolute Gasteiger partial charge is 0.0616 e. The molecule has 1 aliphatic rings. The number of rotatable bonds is 3. The molecule has 0 saturated heterocycles. The minimum absolute atomic E-state index is 0.0732. The van der Waals surface area contributed by atoms with Crippen LogP contribution in [0.4, 0.5) is 0 Å². The van der Waals surface area contributed by atoms with Crippen molar-refractivity contribution in [3.63, 3.8) is 0 Å². The van der Waals surface area contributed by atoms with Crippen LogP contribution in [0.25, 0.3) is 87.6 Å². The number of benzene rings is 9. The van der Waals surface area contributed by atoms with Crippen LogP contribution < -0.4 is 0 Å². The van der Waals surface area contributed by atoms with E-state index in [1.165, 1.54) is 98.7 Å². The zero-order chi connectivity index (χ0) is 32.7. The van der Waals surface area contributed by atoms with Gasteiger partial charge in [0.05, 0.1) is 0 Å². The fourth-order valence-electron chi connectivity index (χ4n) is 8.82. The van der Waals surface area contributed by atoms with E-state index in [1.807, 2.05) is 0 Å². The fraction of sp³-hybridized carbons (Fsp3) is 0.0612. The maximum absolute atomic E-state index is 2.46. The molecule has 1 aliphatic carbocycles. The van der Waals surface area contributed by atoms with E-state index in [4.69, 9.17) is 0 Å². The molecule has 10 rings (SSSR count). The quantitative estimate of drug-likeness (QED) is 0.172. The summed E-state index contributed by atoms with van der Waals surface area (Å²) in [4.78, 5) is 0. The van der Waals surface area contributed by atoms with E-state index in [1.54, 1.807) is 0 Å². The van der Waals surface area contributed by atoms with Crippen LogP contribution in [0.1, 0.15) is 25.0 Å². The van der Waals surface area contributed by atoms with Gasteiger partial charge in [-0.3, -0.25) is 0 Å². The second-order valence-electron chi connectivity index (χ2n) is 14.0. The minimum atomic E-state index is -0.0732. The summed E-state index contributed by atoms with van der Waals surface area (Å²) in [5, 5.41) is 10.3. The standard InChI is InChI=1S/C49H34/c1-49(2)45-29-27-35(30-44(45)43-28-26-32-13-4-6-16-38(32)48(43)49)47-41-19-9-7-17-39(41)46(40-18-8-10-20-42(40)47)34-24-22-33(23-25-34)37-21-11-14-31-12-3-5-15-36(31)37/h3-30H,1-2H3. The Labute approximate surface area is 286 Å². The van der Waals surface area contributed by atoms with Gasteiger partial charge in [0.1, 0.15) is 0 Å². The van der Waals surface area contributed by atoms with Crippen LogP contribution in [0.5, 0.6) is 0 Å². The van der Waals surface area contributed by atoms with Gasteiger partial charge in [0.25, 0.3) is 0 Å². The van der Waals surface area contributed by atoms with E-state index in [0.717, 1.165) is 0 Å². The van der Waals surface area contributed by atoms with Gasteiger partial charge >= 0.3 is 0 Å². The molecule has 0 saturated carbocycles. The average molecular weight is 623 g/mol. The van der Waals surface area contributed by atoms with Gasteiger partial charge in [-0.1, -0.05) is 178 Å². The predicted molar refractivity (Wildman–Crippen MR) is 210 cm³/mol. The van der Waals surface area contributed by atoms with Crippen molar-refractivity contribution in [3.05, 3.63) is 181 Å². The Bertz CT molecular complexity index is 2720. The molecule has 0 heterocycles. The third-order valence-electron chi connectivity index (χ3n) is 11.0. The molecular formula is C49H34. The van der Waals surface area contributed by atoms with Gasteiger partial charge in [0.2, 0.25) is 0 Å². The smallest absolute Gasteiger partial charge is 0.0165 e. The summed E-state index contributed by atoms with van der Waals surface area (Å²) in [7, 11) is 0. The fourth-order valence-corrected chi connectivity index (χ4v) is 8.82. The van der Waals surface area contributed by atoms with Crippen LogP contribution in [0.3, 0.4) is 0 Å². The Hall–Kier alpha value is -5.98. The van der Waals surface area contributed by atoms with Crippen LogP contribution in [0, 0.1) is 0 Å². The van der Waals surface area contributed by atoms with Crippen molar-refractivity contribution in [2.45, 2.75) is 19.3 Å². The van der Waals surface area contributed by atoms with Crippen LogP contribution in [-0.4, -0.2) is 0 Å².